The first-order valence-corrected chi connectivity index (χ1v) is 5.94. The lowest BCUT2D eigenvalue weighted by molar-refractivity contribution is -0.135. The van der Waals surface area contributed by atoms with Crippen molar-refractivity contribution < 1.29 is 18.3 Å². The molecule has 7 heteroatoms. The Hall–Kier alpha value is -1.44. The smallest absolute Gasteiger partial charge is 0.318 e. The van der Waals surface area contributed by atoms with Crippen LogP contribution in [0, 0.1) is 0 Å². The fourth-order valence-electron chi connectivity index (χ4n) is 1.04. The summed E-state index contributed by atoms with van der Waals surface area (Å²) >= 11 is 0. The Morgan fingerprint density at radius 1 is 1.31 bits per heavy atom. The first-order chi connectivity index (χ1) is 7.45. The summed E-state index contributed by atoms with van der Waals surface area (Å²) in [6.07, 6.45) is 0. The summed E-state index contributed by atoms with van der Waals surface area (Å²) in [6.45, 7) is -0.316. The third-order valence-corrected chi connectivity index (χ3v) is 3.30. The lowest BCUT2D eigenvalue weighted by atomic mass is 10.2. The maximum Gasteiger partial charge on any atom is 0.318 e. The molecule has 0 spiro atoms. The molecule has 0 fully saturated rings. The van der Waals surface area contributed by atoms with Crippen LogP contribution in [-0.4, -0.2) is 26.0 Å². The molecule has 0 radical (unpaired) electrons. The molecule has 0 bridgehead atoms. The van der Waals surface area contributed by atoms with Crippen LogP contribution in [-0.2, 0) is 21.4 Å². The second-order valence-corrected chi connectivity index (χ2v) is 4.83. The van der Waals surface area contributed by atoms with Crippen LogP contribution in [0.3, 0.4) is 0 Å². The second-order valence-electron chi connectivity index (χ2n) is 3.07. The zero-order valence-corrected chi connectivity index (χ0v) is 9.20. The molecule has 0 saturated carbocycles. The van der Waals surface area contributed by atoms with Gasteiger partial charge in [0.1, 0.15) is 6.54 Å². The topological polar surface area (TPSA) is 109 Å². The molecule has 1 rings (SSSR count). The number of hydrogen-bond donors (Lipinski definition) is 3. The Kier molecular flexibility index (Phi) is 3.99. The van der Waals surface area contributed by atoms with E-state index in [-0.39, 0.29) is 4.90 Å². The third-order valence-electron chi connectivity index (χ3n) is 1.88. The SMILES string of the molecule is NCc1ccc(S(=O)(=O)NCC(=O)O)cc1. The second kappa shape index (κ2) is 5.06. The summed E-state index contributed by atoms with van der Waals surface area (Å²) in [5.74, 6) is -1.23. The third kappa shape index (κ3) is 3.30. The van der Waals surface area contributed by atoms with E-state index in [1.807, 2.05) is 4.72 Å². The number of aliphatic carboxylic acids is 1. The fraction of sp³-hybridized carbons (Fsp3) is 0.222. The quantitative estimate of drug-likeness (QED) is 0.647. The van der Waals surface area contributed by atoms with Crippen LogP contribution >= 0.6 is 0 Å². The Balaban J connectivity index is 2.85. The monoisotopic (exact) mass is 244 g/mol. The Morgan fingerprint density at radius 3 is 2.31 bits per heavy atom. The van der Waals surface area contributed by atoms with Crippen LogP contribution in [0.15, 0.2) is 29.2 Å². The summed E-state index contributed by atoms with van der Waals surface area (Å²) in [7, 11) is -3.75. The van der Waals surface area contributed by atoms with E-state index in [1.165, 1.54) is 12.1 Å². The van der Waals surface area contributed by atoms with Crippen molar-refractivity contribution in [2.45, 2.75) is 11.4 Å². The predicted molar refractivity (Wildman–Crippen MR) is 57.2 cm³/mol. The molecule has 0 atom stereocenters. The average molecular weight is 244 g/mol. The minimum atomic E-state index is -3.75. The van der Waals surface area contributed by atoms with Gasteiger partial charge in [0, 0.05) is 6.54 Å². The molecule has 0 aliphatic rings. The highest BCUT2D eigenvalue weighted by atomic mass is 32.2. The van der Waals surface area contributed by atoms with Crippen LogP contribution in [0.2, 0.25) is 0 Å². The van der Waals surface area contributed by atoms with E-state index in [1.54, 1.807) is 12.1 Å². The Bertz CT molecular complexity index is 467. The van der Waals surface area contributed by atoms with Gasteiger partial charge in [0.2, 0.25) is 10.0 Å². The summed E-state index contributed by atoms with van der Waals surface area (Å²) in [4.78, 5) is 10.3. The minimum Gasteiger partial charge on any atom is -0.480 e. The van der Waals surface area contributed by atoms with Gasteiger partial charge in [-0.2, -0.15) is 4.72 Å². The van der Waals surface area contributed by atoms with Gasteiger partial charge in [-0.05, 0) is 17.7 Å². The van der Waals surface area contributed by atoms with Crippen molar-refractivity contribution in [3.63, 3.8) is 0 Å². The highest BCUT2D eigenvalue weighted by molar-refractivity contribution is 7.89. The van der Waals surface area contributed by atoms with E-state index in [0.717, 1.165) is 5.56 Å². The molecule has 4 N–H and O–H groups in total. The van der Waals surface area contributed by atoms with Crippen LogP contribution in [0.25, 0.3) is 0 Å². The largest absolute Gasteiger partial charge is 0.480 e. The molecule has 0 heterocycles. The van der Waals surface area contributed by atoms with E-state index in [4.69, 9.17) is 10.8 Å². The summed E-state index contributed by atoms with van der Waals surface area (Å²) in [6, 6.07) is 5.92. The summed E-state index contributed by atoms with van der Waals surface area (Å²) < 4.78 is 25.0. The molecule has 88 valence electrons. The molecule has 0 aromatic heterocycles. The lowest BCUT2D eigenvalue weighted by Gasteiger charge is -2.05. The Labute approximate surface area is 93.1 Å². The highest BCUT2D eigenvalue weighted by Gasteiger charge is 2.14. The molecular weight excluding hydrogens is 232 g/mol. The van der Waals surface area contributed by atoms with Crippen molar-refractivity contribution in [3.8, 4) is 0 Å². The van der Waals surface area contributed by atoms with Crippen LogP contribution < -0.4 is 10.5 Å². The first kappa shape index (κ1) is 12.6. The van der Waals surface area contributed by atoms with E-state index in [0.29, 0.717) is 6.54 Å². The normalized spacial score (nSPS) is 11.3. The van der Waals surface area contributed by atoms with E-state index in [2.05, 4.69) is 0 Å². The maximum absolute atomic E-state index is 11.5. The van der Waals surface area contributed by atoms with Gasteiger partial charge in [-0.1, -0.05) is 12.1 Å². The maximum atomic E-state index is 11.5. The highest BCUT2D eigenvalue weighted by Crippen LogP contribution is 2.09. The molecular formula is C9H12N2O4S. The summed E-state index contributed by atoms with van der Waals surface area (Å²) in [5, 5.41) is 8.36. The van der Waals surface area contributed by atoms with Gasteiger partial charge < -0.3 is 10.8 Å². The molecule has 0 unspecified atom stereocenters. The number of carbonyl (C=O) groups is 1. The molecule has 16 heavy (non-hydrogen) atoms. The van der Waals surface area contributed by atoms with Gasteiger partial charge in [0.25, 0.3) is 0 Å². The number of sulfonamides is 1. The van der Waals surface area contributed by atoms with E-state index >= 15 is 0 Å². The van der Waals surface area contributed by atoms with Gasteiger partial charge >= 0.3 is 5.97 Å². The molecule has 0 aliphatic heterocycles. The standard InChI is InChI=1S/C9H12N2O4S/c10-5-7-1-3-8(4-2-7)16(14,15)11-6-9(12)13/h1-4,11H,5-6,10H2,(H,12,13). The van der Waals surface area contributed by atoms with Crippen LogP contribution in [0.5, 0.6) is 0 Å². The van der Waals surface area contributed by atoms with Crippen molar-refractivity contribution in [2.24, 2.45) is 5.73 Å². The minimum absolute atomic E-state index is 0.0194. The number of rotatable bonds is 5. The molecule has 0 amide bonds. The molecule has 1 aromatic carbocycles. The summed E-state index contributed by atoms with van der Waals surface area (Å²) in [5.41, 5.74) is 6.17. The van der Waals surface area contributed by atoms with Gasteiger partial charge in [-0.15, -0.1) is 0 Å². The van der Waals surface area contributed by atoms with Crippen LogP contribution in [0.1, 0.15) is 5.56 Å². The van der Waals surface area contributed by atoms with Crippen molar-refractivity contribution in [3.05, 3.63) is 29.8 Å². The van der Waals surface area contributed by atoms with Gasteiger partial charge in [-0.25, -0.2) is 8.42 Å². The fourth-order valence-corrected chi connectivity index (χ4v) is 2.02. The van der Waals surface area contributed by atoms with Crippen molar-refractivity contribution in [1.82, 2.24) is 4.72 Å². The first-order valence-electron chi connectivity index (χ1n) is 4.46. The average Bonchev–Trinajstić information content (AvgIpc) is 2.27. The molecule has 1 aromatic rings. The molecule has 6 nitrogen and oxygen atoms in total. The Morgan fingerprint density at radius 2 is 1.88 bits per heavy atom. The number of carboxylic acids is 1. The van der Waals surface area contributed by atoms with Gasteiger partial charge in [0.05, 0.1) is 4.90 Å². The number of nitrogens with one attached hydrogen (secondary N) is 1. The zero-order chi connectivity index (χ0) is 12.2. The van der Waals surface area contributed by atoms with Crippen molar-refractivity contribution >= 4 is 16.0 Å². The van der Waals surface area contributed by atoms with Crippen LogP contribution in [0.4, 0.5) is 0 Å². The predicted octanol–water partition coefficient (Wildman–Crippen LogP) is -0.492. The lowest BCUT2D eigenvalue weighted by Crippen LogP contribution is -2.29. The molecule has 0 aliphatic carbocycles. The number of nitrogens with two attached hydrogens (primary N) is 1. The van der Waals surface area contributed by atoms with Gasteiger partial charge in [-0.3, -0.25) is 4.79 Å². The van der Waals surface area contributed by atoms with Crippen molar-refractivity contribution in [1.29, 1.82) is 0 Å². The van der Waals surface area contributed by atoms with E-state index in [9.17, 15) is 13.2 Å². The number of benzene rings is 1. The number of hydrogen-bond acceptors (Lipinski definition) is 4. The number of carboxylic acid groups (broad SMARTS) is 1. The molecule has 0 saturated heterocycles. The zero-order valence-electron chi connectivity index (χ0n) is 8.38. The van der Waals surface area contributed by atoms with Gasteiger partial charge in [0.15, 0.2) is 0 Å². The van der Waals surface area contributed by atoms with Crippen molar-refractivity contribution in [2.75, 3.05) is 6.54 Å². The van der Waals surface area contributed by atoms with E-state index < -0.39 is 22.5 Å².